The van der Waals surface area contributed by atoms with Crippen molar-refractivity contribution >= 4 is 0 Å². The van der Waals surface area contributed by atoms with Gasteiger partial charge < -0.3 is 10.5 Å². The molecule has 1 aliphatic rings. The lowest BCUT2D eigenvalue weighted by molar-refractivity contribution is -0.00593. The fraction of sp³-hybridized carbons (Fsp3) is 1.00. The largest absolute Gasteiger partial charge is 0.374 e. The zero-order chi connectivity index (χ0) is 9.19. The lowest BCUT2D eigenvalue weighted by Crippen LogP contribution is -2.45. The Kier molecular flexibility index (Phi) is 3.13. The predicted octanol–water partition coefficient (Wildman–Crippen LogP) is 1.93. The van der Waals surface area contributed by atoms with Crippen LogP contribution in [0.1, 0.15) is 40.0 Å². The first-order valence-corrected chi connectivity index (χ1v) is 4.94. The van der Waals surface area contributed by atoms with Gasteiger partial charge in [-0.3, -0.25) is 0 Å². The molecule has 0 saturated carbocycles. The van der Waals surface area contributed by atoms with Gasteiger partial charge in [0.15, 0.2) is 0 Å². The predicted molar refractivity (Wildman–Crippen MR) is 51.0 cm³/mol. The van der Waals surface area contributed by atoms with Crippen molar-refractivity contribution in [2.24, 2.45) is 11.7 Å². The molecule has 2 unspecified atom stereocenters. The van der Waals surface area contributed by atoms with E-state index in [1.165, 1.54) is 6.42 Å². The summed E-state index contributed by atoms with van der Waals surface area (Å²) in [6, 6.07) is 0.208. The van der Waals surface area contributed by atoms with Crippen molar-refractivity contribution in [1.82, 2.24) is 0 Å². The van der Waals surface area contributed by atoms with Gasteiger partial charge in [-0.2, -0.15) is 0 Å². The maximum absolute atomic E-state index is 6.09. The van der Waals surface area contributed by atoms with E-state index in [1.807, 2.05) is 0 Å². The van der Waals surface area contributed by atoms with Crippen molar-refractivity contribution in [3.05, 3.63) is 0 Å². The number of rotatable bonds is 3. The van der Waals surface area contributed by atoms with Crippen molar-refractivity contribution in [2.45, 2.75) is 51.7 Å². The van der Waals surface area contributed by atoms with E-state index in [1.54, 1.807) is 0 Å². The van der Waals surface area contributed by atoms with E-state index in [2.05, 4.69) is 20.8 Å². The minimum absolute atomic E-state index is 0.0374. The number of nitrogens with two attached hydrogens (primary N) is 1. The smallest absolute Gasteiger partial charge is 0.0805 e. The molecule has 1 fully saturated rings. The molecule has 0 amide bonds. The molecule has 1 aliphatic heterocycles. The third-order valence-corrected chi connectivity index (χ3v) is 2.76. The summed E-state index contributed by atoms with van der Waals surface area (Å²) in [4.78, 5) is 0. The Morgan fingerprint density at radius 1 is 1.50 bits per heavy atom. The number of hydrogen-bond donors (Lipinski definition) is 1. The van der Waals surface area contributed by atoms with E-state index < -0.39 is 0 Å². The fourth-order valence-corrected chi connectivity index (χ4v) is 1.85. The third-order valence-electron chi connectivity index (χ3n) is 2.76. The second kappa shape index (κ2) is 3.75. The molecule has 1 rings (SSSR count). The van der Waals surface area contributed by atoms with Crippen molar-refractivity contribution in [3.63, 3.8) is 0 Å². The van der Waals surface area contributed by atoms with Crippen LogP contribution >= 0.6 is 0 Å². The van der Waals surface area contributed by atoms with Gasteiger partial charge in [-0.25, -0.2) is 0 Å². The van der Waals surface area contributed by atoms with Crippen LogP contribution in [0.5, 0.6) is 0 Å². The van der Waals surface area contributed by atoms with Gasteiger partial charge in [0.25, 0.3) is 0 Å². The normalized spacial score (nSPS) is 32.8. The second-order valence-electron chi connectivity index (χ2n) is 4.50. The van der Waals surface area contributed by atoms with Gasteiger partial charge in [-0.15, -0.1) is 0 Å². The molecular formula is C10H21NO. The van der Waals surface area contributed by atoms with Crippen molar-refractivity contribution < 1.29 is 4.74 Å². The Morgan fingerprint density at radius 2 is 2.17 bits per heavy atom. The minimum atomic E-state index is -0.0374. The van der Waals surface area contributed by atoms with Gasteiger partial charge in [0.2, 0.25) is 0 Å². The molecule has 0 aromatic rings. The second-order valence-corrected chi connectivity index (χ2v) is 4.50. The molecule has 0 aromatic heterocycles. The summed E-state index contributed by atoms with van der Waals surface area (Å²) in [7, 11) is 0. The van der Waals surface area contributed by atoms with Gasteiger partial charge >= 0.3 is 0 Å². The summed E-state index contributed by atoms with van der Waals surface area (Å²) in [6.45, 7) is 7.45. The Labute approximate surface area is 75.5 Å². The summed E-state index contributed by atoms with van der Waals surface area (Å²) in [5.74, 6) is 0.668. The lowest BCUT2D eigenvalue weighted by atomic mass is 9.88. The quantitative estimate of drug-likeness (QED) is 0.704. The molecule has 2 nitrogen and oxygen atoms in total. The summed E-state index contributed by atoms with van der Waals surface area (Å²) < 4.78 is 5.68. The average Bonchev–Trinajstić information content (AvgIpc) is 2.36. The van der Waals surface area contributed by atoms with E-state index >= 15 is 0 Å². The van der Waals surface area contributed by atoms with Gasteiger partial charge in [0, 0.05) is 12.6 Å². The first-order chi connectivity index (χ1) is 5.54. The molecule has 72 valence electrons. The molecule has 2 heteroatoms. The highest BCUT2D eigenvalue weighted by Crippen LogP contribution is 2.30. The zero-order valence-corrected chi connectivity index (χ0v) is 8.47. The maximum atomic E-state index is 6.09. The molecule has 12 heavy (non-hydrogen) atoms. The first-order valence-electron chi connectivity index (χ1n) is 4.94. The summed E-state index contributed by atoms with van der Waals surface area (Å²) in [5, 5.41) is 0. The van der Waals surface area contributed by atoms with Gasteiger partial charge in [0.1, 0.15) is 0 Å². The highest BCUT2D eigenvalue weighted by molar-refractivity contribution is 4.90. The van der Waals surface area contributed by atoms with Crippen LogP contribution in [0.25, 0.3) is 0 Å². The van der Waals surface area contributed by atoms with Crippen LogP contribution in [-0.2, 0) is 4.74 Å². The molecule has 2 atom stereocenters. The van der Waals surface area contributed by atoms with E-state index in [0.717, 1.165) is 19.4 Å². The average molecular weight is 171 g/mol. The van der Waals surface area contributed by atoms with E-state index in [0.29, 0.717) is 5.92 Å². The molecule has 0 radical (unpaired) electrons. The highest BCUT2D eigenvalue weighted by atomic mass is 16.5. The van der Waals surface area contributed by atoms with E-state index in [-0.39, 0.29) is 11.6 Å². The van der Waals surface area contributed by atoms with Crippen LogP contribution in [0.4, 0.5) is 0 Å². The molecule has 0 spiro atoms. The van der Waals surface area contributed by atoms with Crippen molar-refractivity contribution in [3.8, 4) is 0 Å². The Hall–Kier alpha value is -0.0800. The Balaban J connectivity index is 2.44. The molecular weight excluding hydrogens is 150 g/mol. The van der Waals surface area contributed by atoms with Crippen LogP contribution < -0.4 is 5.73 Å². The Morgan fingerprint density at radius 3 is 2.58 bits per heavy atom. The fourth-order valence-electron chi connectivity index (χ4n) is 1.85. The van der Waals surface area contributed by atoms with Gasteiger partial charge in [-0.05, 0) is 32.1 Å². The van der Waals surface area contributed by atoms with E-state index in [4.69, 9.17) is 10.5 Å². The molecule has 1 heterocycles. The first kappa shape index (κ1) is 10.0. The number of hydrogen-bond acceptors (Lipinski definition) is 2. The monoisotopic (exact) mass is 171 g/mol. The highest BCUT2D eigenvalue weighted by Gasteiger charge is 2.36. The molecule has 0 aromatic carbocycles. The lowest BCUT2D eigenvalue weighted by Gasteiger charge is -2.31. The molecule has 0 bridgehead atoms. The topological polar surface area (TPSA) is 35.2 Å². The minimum Gasteiger partial charge on any atom is -0.374 e. The standard InChI is InChI=1S/C10H21NO/c1-8(2)7-9(11)10(3)5-4-6-12-10/h8-9H,4-7,11H2,1-3H3. The zero-order valence-electron chi connectivity index (χ0n) is 8.47. The molecule has 1 saturated heterocycles. The Bertz CT molecular complexity index is 139. The third kappa shape index (κ3) is 2.20. The molecule has 2 N–H and O–H groups in total. The maximum Gasteiger partial charge on any atom is 0.0805 e. The summed E-state index contributed by atoms with van der Waals surface area (Å²) >= 11 is 0. The summed E-state index contributed by atoms with van der Waals surface area (Å²) in [6.07, 6.45) is 3.36. The van der Waals surface area contributed by atoms with Crippen molar-refractivity contribution in [1.29, 1.82) is 0 Å². The van der Waals surface area contributed by atoms with E-state index in [9.17, 15) is 0 Å². The van der Waals surface area contributed by atoms with Gasteiger partial charge in [0.05, 0.1) is 5.60 Å². The van der Waals surface area contributed by atoms with Crippen LogP contribution in [0, 0.1) is 5.92 Å². The SMILES string of the molecule is CC(C)CC(N)C1(C)CCCO1. The van der Waals surface area contributed by atoms with Crippen LogP contribution in [-0.4, -0.2) is 18.2 Å². The van der Waals surface area contributed by atoms with Crippen LogP contribution in [0.2, 0.25) is 0 Å². The van der Waals surface area contributed by atoms with Crippen LogP contribution in [0.3, 0.4) is 0 Å². The number of ether oxygens (including phenoxy) is 1. The van der Waals surface area contributed by atoms with Crippen molar-refractivity contribution in [2.75, 3.05) is 6.61 Å². The van der Waals surface area contributed by atoms with Gasteiger partial charge in [-0.1, -0.05) is 13.8 Å². The molecule has 0 aliphatic carbocycles. The summed E-state index contributed by atoms with van der Waals surface area (Å²) in [5.41, 5.74) is 6.05. The van der Waals surface area contributed by atoms with Crippen LogP contribution in [0.15, 0.2) is 0 Å².